The van der Waals surface area contributed by atoms with Crippen molar-refractivity contribution < 1.29 is 9.26 Å². The van der Waals surface area contributed by atoms with Gasteiger partial charge in [0, 0.05) is 18.7 Å². The quantitative estimate of drug-likeness (QED) is 0.880. The molecule has 2 heterocycles. The van der Waals surface area contributed by atoms with Crippen molar-refractivity contribution >= 4 is 12.4 Å². The molecule has 1 unspecified atom stereocenters. The predicted molar refractivity (Wildman–Crippen MR) is 78.2 cm³/mol. The van der Waals surface area contributed by atoms with Gasteiger partial charge in [0.25, 0.3) is 5.89 Å². The Labute approximate surface area is 124 Å². The highest BCUT2D eigenvalue weighted by Crippen LogP contribution is 2.25. The van der Waals surface area contributed by atoms with Gasteiger partial charge in [-0.15, -0.1) is 12.4 Å². The minimum absolute atomic E-state index is 0. The van der Waals surface area contributed by atoms with Crippen LogP contribution in [0.5, 0.6) is 5.75 Å². The summed E-state index contributed by atoms with van der Waals surface area (Å²) in [5.74, 6) is 1.70. The normalized spacial score (nSPS) is 11.8. The maximum absolute atomic E-state index is 5.50. The molecule has 2 aromatic rings. The van der Waals surface area contributed by atoms with E-state index in [2.05, 4.69) is 27.4 Å². The predicted octanol–water partition coefficient (Wildman–Crippen LogP) is 2.10. The fraction of sp³-hybridized carbons (Fsp3) is 0.462. The minimum Gasteiger partial charge on any atom is -0.491 e. The molecule has 0 aliphatic carbocycles. The van der Waals surface area contributed by atoms with E-state index in [1.54, 1.807) is 6.20 Å². The molecule has 1 N–H and O–H groups in total. The van der Waals surface area contributed by atoms with Crippen LogP contribution in [0.15, 0.2) is 22.9 Å². The molecule has 2 rings (SSSR count). The van der Waals surface area contributed by atoms with Gasteiger partial charge in [0.15, 0.2) is 17.3 Å². The Morgan fingerprint density at radius 3 is 2.95 bits per heavy atom. The van der Waals surface area contributed by atoms with Crippen molar-refractivity contribution in [3.8, 4) is 17.3 Å². The molecule has 7 heteroatoms. The Hall–Kier alpha value is -1.66. The number of ether oxygens (including phenoxy) is 1. The van der Waals surface area contributed by atoms with Gasteiger partial charge in [0.1, 0.15) is 0 Å². The van der Waals surface area contributed by atoms with E-state index in [0.29, 0.717) is 42.2 Å². The number of pyridine rings is 1. The van der Waals surface area contributed by atoms with Crippen molar-refractivity contribution in [2.75, 3.05) is 13.7 Å². The number of likely N-dealkylation sites (N-methyl/N-ethyl adjacent to an activating group) is 1. The van der Waals surface area contributed by atoms with Gasteiger partial charge in [0.05, 0.1) is 6.61 Å². The molecule has 0 radical (unpaired) electrons. The summed E-state index contributed by atoms with van der Waals surface area (Å²) in [6.45, 7) is 4.55. The van der Waals surface area contributed by atoms with Crippen molar-refractivity contribution in [2.24, 2.45) is 0 Å². The summed E-state index contributed by atoms with van der Waals surface area (Å²) in [6.07, 6.45) is 2.38. The Bertz CT molecular complexity index is 533. The van der Waals surface area contributed by atoms with Crippen molar-refractivity contribution in [1.29, 1.82) is 0 Å². The van der Waals surface area contributed by atoms with E-state index in [-0.39, 0.29) is 12.4 Å². The summed E-state index contributed by atoms with van der Waals surface area (Å²) in [7, 11) is 1.90. The van der Waals surface area contributed by atoms with Crippen LogP contribution in [0, 0.1) is 0 Å². The first-order valence-electron chi connectivity index (χ1n) is 6.32. The lowest BCUT2D eigenvalue weighted by molar-refractivity contribution is 0.337. The molecular weight excluding hydrogens is 280 g/mol. The summed E-state index contributed by atoms with van der Waals surface area (Å²) < 4.78 is 10.8. The van der Waals surface area contributed by atoms with Crippen molar-refractivity contribution in [3.05, 3.63) is 24.2 Å². The molecule has 110 valence electrons. The molecule has 2 aromatic heterocycles. The average Bonchev–Trinajstić information content (AvgIpc) is 2.88. The van der Waals surface area contributed by atoms with Crippen LogP contribution in [0.1, 0.15) is 19.7 Å². The number of halogens is 1. The molecule has 0 spiro atoms. The minimum atomic E-state index is 0. The number of hydrogen-bond acceptors (Lipinski definition) is 6. The maximum Gasteiger partial charge on any atom is 0.280 e. The first kappa shape index (κ1) is 16.4. The molecule has 0 aliphatic rings. The summed E-state index contributed by atoms with van der Waals surface area (Å²) in [5, 5.41) is 7.09. The van der Waals surface area contributed by atoms with Crippen LogP contribution in [0.3, 0.4) is 0 Å². The molecule has 0 saturated heterocycles. The molecular formula is C13H19ClN4O2. The molecule has 0 amide bonds. The highest BCUT2D eigenvalue weighted by atomic mass is 35.5. The van der Waals surface area contributed by atoms with Crippen LogP contribution < -0.4 is 10.1 Å². The number of hydrogen-bond donors (Lipinski definition) is 1. The molecule has 0 aromatic carbocycles. The molecule has 20 heavy (non-hydrogen) atoms. The van der Waals surface area contributed by atoms with Crippen molar-refractivity contribution in [1.82, 2.24) is 20.4 Å². The van der Waals surface area contributed by atoms with Crippen LogP contribution in [0.25, 0.3) is 11.6 Å². The number of nitrogens with zero attached hydrogens (tertiary/aromatic N) is 3. The second kappa shape index (κ2) is 7.81. The average molecular weight is 299 g/mol. The Morgan fingerprint density at radius 2 is 2.25 bits per heavy atom. The van der Waals surface area contributed by atoms with Crippen LogP contribution >= 0.6 is 12.4 Å². The highest BCUT2D eigenvalue weighted by molar-refractivity contribution is 5.85. The van der Waals surface area contributed by atoms with E-state index in [1.165, 1.54) is 0 Å². The third kappa shape index (κ3) is 3.91. The Balaban J connectivity index is 0.00000200. The zero-order valence-corrected chi connectivity index (χ0v) is 12.6. The van der Waals surface area contributed by atoms with E-state index in [4.69, 9.17) is 9.26 Å². The zero-order chi connectivity index (χ0) is 13.7. The monoisotopic (exact) mass is 298 g/mol. The van der Waals surface area contributed by atoms with Crippen LogP contribution in [0.2, 0.25) is 0 Å². The third-order valence-electron chi connectivity index (χ3n) is 2.72. The van der Waals surface area contributed by atoms with Gasteiger partial charge in [0.2, 0.25) is 0 Å². The van der Waals surface area contributed by atoms with E-state index in [0.717, 1.165) is 0 Å². The standard InChI is InChI=1S/C13H18N4O2.ClH/c1-4-18-10-6-5-7-15-12(10)13-16-11(17-19-13)8-9(2)14-3;/h5-7,9,14H,4,8H2,1-3H3;1H. The second-order valence-corrected chi connectivity index (χ2v) is 4.19. The summed E-state index contributed by atoms with van der Waals surface area (Å²) >= 11 is 0. The third-order valence-corrected chi connectivity index (χ3v) is 2.72. The van der Waals surface area contributed by atoms with Gasteiger partial charge in [-0.1, -0.05) is 5.16 Å². The van der Waals surface area contributed by atoms with Gasteiger partial charge in [-0.2, -0.15) is 4.98 Å². The van der Waals surface area contributed by atoms with Crippen LogP contribution in [0.4, 0.5) is 0 Å². The zero-order valence-electron chi connectivity index (χ0n) is 11.8. The fourth-order valence-corrected chi connectivity index (χ4v) is 1.63. The molecule has 0 saturated carbocycles. The first-order chi connectivity index (χ1) is 9.24. The van der Waals surface area contributed by atoms with Crippen molar-refractivity contribution in [2.45, 2.75) is 26.3 Å². The second-order valence-electron chi connectivity index (χ2n) is 4.19. The summed E-state index contributed by atoms with van der Waals surface area (Å²) in [5.41, 5.74) is 0.584. The van der Waals surface area contributed by atoms with Crippen molar-refractivity contribution in [3.63, 3.8) is 0 Å². The van der Waals surface area contributed by atoms with Crippen LogP contribution in [-0.4, -0.2) is 34.8 Å². The SMILES string of the molecule is CCOc1cccnc1-c1nc(CC(C)NC)no1.Cl. The largest absolute Gasteiger partial charge is 0.491 e. The van der Waals surface area contributed by atoms with Gasteiger partial charge in [-0.3, -0.25) is 0 Å². The van der Waals surface area contributed by atoms with E-state index >= 15 is 0 Å². The lowest BCUT2D eigenvalue weighted by Gasteiger charge is -2.05. The Kier molecular flexibility index (Phi) is 6.41. The topological polar surface area (TPSA) is 73.1 Å². The van der Waals surface area contributed by atoms with E-state index < -0.39 is 0 Å². The lowest BCUT2D eigenvalue weighted by Crippen LogP contribution is -2.24. The lowest BCUT2D eigenvalue weighted by atomic mass is 10.2. The van der Waals surface area contributed by atoms with E-state index in [9.17, 15) is 0 Å². The number of rotatable bonds is 6. The fourth-order valence-electron chi connectivity index (χ4n) is 1.63. The van der Waals surface area contributed by atoms with Gasteiger partial charge >= 0.3 is 0 Å². The molecule has 1 atom stereocenters. The molecule has 6 nitrogen and oxygen atoms in total. The molecule has 0 aliphatic heterocycles. The van der Waals surface area contributed by atoms with Gasteiger partial charge < -0.3 is 14.6 Å². The smallest absolute Gasteiger partial charge is 0.280 e. The van der Waals surface area contributed by atoms with Gasteiger partial charge in [-0.05, 0) is 33.0 Å². The molecule has 0 bridgehead atoms. The number of aromatic nitrogens is 3. The maximum atomic E-state index is 5.50. The summed E-state index contributed by atoms with van der Waals surface area (Å²) in [6, 6.07) is 3.95. The molecule has 0 fully saturated rings. The number of nitrogens with one attached hydrogen (secondary N) is 1. The van der Waals surface area contributed by atoms with Crippen LogP contribution in [-0.2, 0) is 6.42 Å². The highest BCUT2D eigenvalue weighted by Gasteiger charge is 2.16. The Morgan fingerprint density at radius 1 is 1.45 bits per heavy atom. The first-order valence-corrected chi connectivity index (χ1v) is 6.32. The summed E-state index contributed by atoms with van der Waals surface area (Å²) in [4.78, 5) is 8.59. The van der Waals surface area contributed by atoms with E-state index in [1.807, 2.05) is 26.1 Å². The van der Waals surface area contributed by atoms with Gasteiger partial charge in [-0.25, -0.2) is 4.98 Å².